The minimum atomic E-state index is -3.80. The van der Waals surface area contributed by atoms with E-state index in [2.05, 4.69) is 36.2 Å². The zero-order valence-corrected chi connectivity index (χ0v) is 25.1. The van der Waals surface area contributed by atoms with E-state index in [4.69, 9.17) is 4.98 Å². The maximum absolute atomic E-state index is 13.6. The molecule has 38 heavy (non-hydrogen) atoms. The zero-order valence-electron chi connectivity index (χ0n) is 22.7. The lowest BCUT2D eigenvalue weighted by atomic mass is 9.93. The van der Waals surface area contributed by atoms with Crippen molar-refractivity contribution in [2.45, 2.75) is 76.3 Å². The second kappa shape index (κ2) is 10.4. The van der Waals surface area contributed by atoms with Crippen LogP contribution in [0.3, 0.4) is 0 Å². The predicted octanol–water partition coefficient (Wildman–Crippen LogP) is 4.74. The molecule has 2 aliphatic rings. The van der Waals surface area contributed by atoms with Gasteiger partial charge in [-0.3, -0.25) is 4.79 Å². The van der Waals surface area contributed by atoms with Crippen molar-refractivity contribution in [1.82, 2.24) is 9.71 Å². The molecule has 1 aromatic carbocycles. The SMILES string of the molecule is CC(C)(C)NS(=O)(=O)c1cc(Br)cc(NC(=O)c2ccc(NC(C)(C)CO)nc2N2CCC3(CC2)CC3)c1. The molecule has 208 valence electrons. The predicted molar refractivity (Wildman–Crippen MR) is 154 cm³/mol. The average molecular weight is 609 g/mol. The van der Waals surface area contributed by atoms with E-state index in [1.165, 1.54) is 25.0 Å². The van der Waals surface area contributed by atoms with Crippen LogP contribution in [0.1, 0.15) is 70.7 Å². The second-order valence-corrected chi connectivity index (χ2v) is 14.8. The number of sulfonamides is 1. The molecule has 4 rings (SSSR count). The molecule has 4 N–H and O–H groups in total. The van der Waals surface area contributed by atoms with E-state index in [0.717, 1.165) is 25.9 Å². The molecule has 0 radical (unpaired) electrons. The third-order valence-corrected chi connectivity index (χ3v) is 9.14. The molecular formula is C27H38BrN5O4S. The van der Waals surface area contributed by atoms with Gasteiger partial charge < -0.3 is 20.6 Å². The first-order valence-corrected chi connectivity index (χ1v) is 15.2. The summed E-state index contributed by atoms with van der Waals surface area (Å²) >= 11 is 3.38. The third kappa shape index (κ3) is 7.05. The number of benzene rings is 1. The van der Waals surface area contributed by atoms with Crippen LogP contribution in [0.25, 0.3) is 0 Å². The summed E-state index contributed by atoms with van der Waals surface area (Å²) in [6.45, 7) is 10.6. The van der Waals surface area contributed by atoms with Gasteiger partial charge >= 0.3 is 0 Å². The van der Waals surface area contributed by atoms with Crippen molar-refractivity contribution in [3.63, 3.8) is 0 Å². The highest BCUT2D eigenvalue weighted by Gasteiger charge is 2.45. The summed E-state index contributed by atoms with van der Waals surface area (Å²) < 4.78 is 29.0. The highest BCUT2D eigenvalue weighted by atomic mass is 79.9. The van der Waals surface area contributed by atoms with Crippen molar-refractivity contribution in [3.8, 4) is 0 Å². The number of pyridine rings is 1. The molecule has 0 unspecified atom stereocenters. The van der Waals surface area contributed by atoms with E-state index >= 15 is 0 Å². The normalized spacial score (nSPS) is 17.4. The lowest BCUT2D eigenvalue weighted by molar-refractivity contribution is 0.102. The van der Waals surface area contributed by atoms with Gasteiger partial charge in [-0.1, -0.05) is 15.9 Å². The number of rotatable bonds is 8. The number of piperidine rings is 1. The van der Waals surface area contributed by atoms with Crippen molar-refractivity contribution >= 4 is 49.2 Å². The smallest absolute Gasteiger partial charge is 0.259 e. The quantitative estimate of drug-likeness (QED) is 0.342. The summed E-state index contributed by atoms with van der Waals surface area (Å²) in [5, 5.41) is 15.8. The van der Waals surface area contributed by atoms with Gasteiger partial charge in [-0.15, -0.1) is 0 Å². The summed E-state index contributed by atoms with van der Waals surface area (Å²) in [6.07, 6.45) is 4.69. The molecule has 1 amide bonds. The molecule has 1 saturated carbocycles. The van der Waals surface area contributed by atoms with Gasteiger partial charge in [-0.2, -0.15) is 0 Å². The Labute approximate surface area is 234 Å². The maximum atomic E-state index is 13.6. The van der Waals surface area contributed by atoms with Gasteiger partial charge in [0.2, 0.25) is 10.0 Å². The summed E-state index contributed by atoms with van der Waals surface area (Å²) in [6, 6.07) is 8.07. The standard InChI is InChI=1S/C27H38BrN5O4S/c1-25(2,3)32-38(36,37)20-15-18(28)14-19(16-20)29-24(35)21-6-7-22(31-26(4,5)17-34)30-23(21)33-12-10-27(8-9-27)11-13-33/h6-7,14-16,32,34H,8-13,17H2,1-5H3,(H,29,35)(H,30,31). The van der Waals surface area contributed by atoms with E-state index in [0.29, 0.717) is 32.8 Å². The fraction of sp³-hybridized carbons (Fsp3) is 0.556. The molecule has 1 aliphatic carbocycles. The Morgan fingerprint density at radius 1 is 1.08 bits per heavy atom. The third-order valence-electron chi connectivity index (χ3n) is 6.94. The van der Waals surface area contributed by atoms with Gasteiger partial charge in [0.1, 0.15) is 11.6 Å². The average Bonchev–Trinajstić information content (AvgIpc) is 3.56. The number of carbonyl (C=O) groups excluding carboxylic acids is 1. The number of aromatic nitrogens is 1. The van der Waals surface area contributed by atoms with Crippen LogP contribution in [0.5, 0.6) is 0 Å². The molecule has 1 saturated heterocycles. The number of hydrogen-bond acceptors (Lipinski definition) is 7. The van der Waals surface area contributed by atoms with Crippen molar-refractivity contribution in [3.05, 3.63) is 40.4 Å². The summed E-state index contributed by atoms with van der Waals surface area (Å²) in [5.74, 6) is 0.776. The Morgan fingerprint density at radius 3 is 2.32 bits per heavy atom. The van der Waals surface area contributed by atoms with Crippen LogP contribution < -0.4 is 20.3 Å². The van der Waals surface area contributed by atoms with E-state index in [1.54, 1.807) is 39.0 Å². The number of amides is 1. The number of carbonyl (C=O) groups is 1. The fourth-order valence-electron chi connectivity index (χ4n) is 4.64. The van der Waals surface area contributed by atoms with Crippen LogP contribution in [0.4, 0.5) is 17.3 Å². The largest absolute Gasteiger partial charge is 0.394 e. The molecule has 2 heterocycles. The van der Waals surface area contributed by atoms with E-state index < -0.39 is 21.1 Å². The Kier molecular flexibility index (Phi) is 7.88. The minimum absolute atomic E-state index is 0.0481. The monoisotopic (exact) mass is 607 g/mol. The molecule has 1 aliphatic heterocycles. The Hall–Kier alpha value is -2.21. The molecule has 11 heteroatoms. The topological polar surface area (TPSA) is 124 Å². The second-order valence-electron chi connectivity index (χ2n) is 12.2. The minimum Gasteiger partial charge on any atom is -0.394 e. The fourth-order valence-corrected chi connectivity index (χ4v) is 6.78. The maximum Gasteiger partial charge on any atom is 0.259 e. The van der Waals surface area contributed by atoms with Crippen LogP contribution >= 0.6 is 15.9 Å². The number of nitrogens with one attached hydrogen (secondary N) is 3. The summed E-state index contributed by atoms with van der Waals surface area (Å²) in [5.41, 5.74) is -0.00989. The van der Waals surface area contributed by atoms with Crippen molar-refractivity contribution < 1.29 is 18.3 Å². The van der Waals surface area contributed by atoms with Crippen LogP contribution in [0, 0.1) is 5.41 Å². The first kappa shape index (κ1) is 28.8. The number of hydrogen-bond donors (Lipinski definition) is 4. The molecule has 9 nitrogen and oxygen atoms in total. The number of anilines is 3. The summed E-state index contributed by atoms with van der Waals surface area (Å²) in [4.78, 5) is 20.6. The molecule has 0 bridgehead atoms. The highest BCUT2D eigenvalue weighted by Crippen LogP contribution is 2.54. The lowest BCUT2D eigenvalue weighted by Gasteiger charge is -2.34. The number of nitrogens with zero attached hydrogens (tertiary/aromatic N) is 2. The Balaban J connectivity index is 1.63. The van der Waals surface area contributed by atoms with Crippen LogP contribution in [-0.4, -0.2) is 55.2 Å². The lowest BCUT2D eigenvalue weighted by Crippen LogP contribution is -2.40. The molecule has 0 atom stereocenters. The van der Waals surface area contributed by atoms with E-state index in [9.17, 15) is 18.3 Å². The molecule has 1 spiro atoms. The molecular weight excluding hydrogens is 570 g/mol. The van der Waals surface area contributed by atoms with Gasteiger partial charge in [0.25, 0.3) is 5.91 Å². The van der Waals surface area contributed by atoms with E-state index in [-0.39, 0.29) is 17.4 Å². The highest BCUT2D eigenvalue weighted by molar-refractivity contribution is 9.10. The first-order chi connectivity index (χ1) is 17.6. The Morgan fingerprint density at radius 2 is 1.74 bits per heavy atom. The van der Waals surface area contributed by atoms with Gasteiger partial charge in [-0.25, -0.2) is 18.1 Å². The van der Waals surface area contributed by atoms with Crippen LogP contribution in [0.2, 0.25) is 0 Å². The van der Waals surface area contributed by atoms with Crippen LogP contribution in [0.15, 0.2) is 39.7 Å². The zero-order chi connectivity index (χ0) is 27.9. The van der Waals surface area contributed by atoms with Crippen molar-refractivity contribution in [1.29, 1.82) is 0 Å². The number of aliphatic hydroxyl groups is 1. The molecule has 2 fully saturated rings. The van der Waals surface area contributed by atoms with Crippen molar-refractivity contribution in [2.75, 3.05) is 35.2 Å². The molecule has 2 aromatic rings. The summed E-state index contributed by atoms with van der Waals surface area (Å²) in [7, 11) is -3.80. The van der Waals surface area contributed by atoms with Crippen LogP contribution in [-0.2, 0) is 10.0 Å². The number of aliphatic hydroxyl groups excluding tert-OH is 1. The first-order valence-electron chi connectivity index (χ1n) is 12.9. The Bertz CT molecular complexity index is 1310. The van der Waals surface area contributed by atoms with Crippen molar-refractivity contribution in [2.24, 2.45) is 5.41 Å². The van der Waals surface area contributed by atoms with Gasteiger partial charge in [0.15, 0.2) is 0 Å². The number of halogens is 1. The molecule has 1 aromatic heterocycles. The van der Waals surface area contributed by atoms with Gasteiger partial charge in [0.05, 0.1) is 22.6 Å². The van der Waals surface area contributed by atoms with E-state index in [1.807, 2.05) is 13.8 Å². The van der Waals surface area contributed by atoms with Gasteiger partial charge in [0, 0.05) is 28.8 Å². The van der Waals surface area contributed by atoms with Gasteiger partial charge in [-0.05, 0) is 96.0 Å².